The third kappa shape index (κ3) is 2.61. The summed E-state index contributed by atoms with van der Waals surface area (Å²) in [6.07, 6.45) is 5.33. The average Bonchev–Trinajstić information content (AvgIpc) is 2.61. The highest BCUT2D eigenvalue weighted by molar-refractivity contribution is 5.24. The summed E-state index contributed by atoms with van der Waals surface area (Å²) < 4.78 is 91.2. The Morgan fingerprint density at radius 1 is 0.654 bits per heavy atom. The summed E-state index contributed by atoms with van der Waals surface area (Å²) in [5.74, 6) is -17.8. The Morgan fingerprint density at radius 3 is 1.54 bits per heavy atom. The summed E-state index contributed by atoms with van der Waals surface area (Å²) in [5.41, 5.74) is 0. The molecule has 0 spiro atoms. The van der Waals surface area contributed by atoms with E-state index >= 15 is 0 Å². The summed E-state index contributed by atoms with van der Waals surface area (Å²) >= 11 is 0. The molecule has 2 atom stereocenters. The number of halogens is 6. The third-order valence-corrected chi connectivity index (χ3v) is 6.67. The van der Waals surface area contributed by atoms with Gasteiger partial charge in [0.2, 0.25) is 0 Å². The van der Waals surface area contributed by atoms with Crippen molar-refractivity contribution >= 4 is 0 Å². The van der Waals surface area contributed by atoms with Crippen LogP contribution >= 0.6 is 0 Å². The Labute approximate surface area is 149 Å². The van der Waals surface area contributed by atoms with Gasteiger partial charge in [-0.2, -0.15) is 26.3 Å². The molecule has 3 aliphatic rings. The van der Waals surface area contributed by atoms with E-state index in [4.69, 9.17) is 0 Å². The quantitative estimate of drug-likeness (QED) is 0.580. The first-order valence-electron chi connectivity index (χ1n) is 9.36. The van der Waals surface area contributed by atoms with Gasteiger partial charge >= 0.3 is 23.6 Å². The largest absolute Gasteiger partial charge is 0.379 e. The molecule has 0 saturated heterocycles. The molecule has 0 aromatic heterocycles. The SMILES string of the molecule is COC1(F)C(F)(F)C(F)(F)C1(F)OC1CCC(C2CCC(C)CC2)CC1. The van der Waals surface area contributed by atoms with Crippen LogP contribution in [0.2, 0.25) is 0 Å². The van der Waals surface area contributed by atoms with Crippen molar-refractivity contribution in [2.45, 2.75) is 87.9 Å². The van der Waals surface area contributed by atoms with E-state index in [0.29, 0.717) is 37.7 Å². The van der Waals surface area contributed by atoms with Crippen LogP contribution in [0.1, 0.15) is 58.3 Å². The van der Waals surface area contributed by atoms with Gasteiger partial charge in [0.15, 0.2) is 0 Å². The number of alkyl halides is 6. The van der Waals surface area contributed by atoms with Crippen LogP contribution in [0, 0.1) is 17.8 Å². The first-order valence-corrected chi connectivity index (χ1v) is 9.36. The standard InChI is InChI=1S/C18H26F6O2/c1-11-3-5-12(6-4-11)13-7-9-14(10-8-13)26-18(24)16(21,22)15(19,20)17(18,23)25-2/h11-14H,3-10H2,1-2H3. The fourth-order valence-corrected chi connectivity index (χ4v) is 4.82. The lowest BCUT2D eigenvalue weighted by atomic mass is 9.70. The predicted octanol–water partition coefficient (Wildman–Crippen LogP) is 5.65. The van der Waals surface area contributed by atoms with Crippen molar-refractivity contribution in [3.63, 3.8) is 0 Å². The van der Waals surface area contributed by atoms with Crippen LogP contribution in [0.15, 0.2) is 0 Å². The van der Waals surface area contributed by atoms with Crippen LogP contribution in [-0.4, -0.2) is 36.8 Å². The maximum Gasteiger partial charge on any atom is 0.379 e. The molecule has 0 aromatic carbocycles. The van der Waals surface area contributed by atoms with Crippen LogP contribution in [0.3, 0.4) is 0 Å². The number of hydrogen-bond donors (Lipinski definition) is 0. The minimum atomic E-state index is -5.28. The molecule has 0 aromatic rings. The van der Waals surface area contributed by atoms with Crippen molar-refractivity contribution in [1.29, 1.82) is 0 Å². The molecule has 152 valence electrons. The molecular weight excluding hydrogens is 362 g/mol. The lowest BCUT2D eigenvalue weighted by Gasteiger charge is -2.57. The Bertz CT molecular complexity index is 514. The van der Waals surface area contributed by atoms with Crippen LogP contribution in [0.5, 0.6) is 0 Å². The van der Waals surface area contributed by atoms with Crippen LogP contribution in [0.25, 0.3) is 0 Å². The summed E-state index contributed by atoms with van der Waals surface area (Å²) in [6, 6.07) is 0. The van der Waals surface area contributed by atoms with Gasteiger partial charge in [-0.05, 0) is 56.3 Å². The van der Waals surface area contributed by atoms with E-state index in [1.54, 1.807) is 0 Å². The minimum absolute atomic E-state index is 0.254. The molecule has 26 heavy (non-hydrogen) atoms. The molecule has 3 saturated carbocycles. The monoisotopic (exact) mass is 388 g/mol. The molecule has 0 amide bonds. The van der Waals surface area contributed by atoms with Gasteiger partial charge in [0.05, 0.1) is 6.10 Å². The van der Waals surface area contributed by atoms with Gasteiger partial charge in [-0.15, -0.1) is 0 Å². The maximum atomic E-state index is 14.6. The van der Waals surface area contributed by atoms with Crippen LogP contribution in [-0.2, 0) is 9.47 Å². The van der Waals surface area contributed by atoms with Crippen molar-refractivity contribution in [3.05, 3.63) is 0 Å². The predicted molar refractivity (Wildman–Crippen MR) is 82.5 cm³/mol. The number of methoxy groups -OCH3 is 1. The van der Waals surface area contributed by atoms with E-state index in [9.17, 15) is 26.3 Å². The van der Waals surface area contributed by atoms with Crippen molar-refractivity contribution < 1.29 is 35.8 Å². The van der Waals surface area contributed by atoms with Crippen molar-refractivity contribution in [1.82, 2.24) is 0 Å². The van der Waals surface area contributed by atoms with Gasteiger partial charge in [0, 0.05) is 7.11 Å². The highest BCUT2D eigenvalue weighted by Crippen LogP contribution is 2.69. The zero-order valence-electron chi connectivity index (χ0n) is 15.1. The Morgan fingerprint density at radius 2 is 1.08 bits per heavy atom. The molecule has 0 N–H and O–H groups in total. The summed E-state index contributed by atoms with van der Waals surface area (Å²) in [5, 5.41) is 0. The van der Waals surface area contributed by atoms with Gasteiger partial charge in [-0.1, -0.05) is 19.8 Å². The molecule has 0 radical (unpaired) electrons. The number of ether oxygens (including phenoxy) is 2. The van der Waals surface area contributed by atoms with Crippen molar-refractivity contribution in [2.24, 2.45) is 17.8 Å². The van der Waals surface area contributed by atoms with Gasteiger partial charge in [0.25, 0.3) is 0 Å². The van der Waals surface area contributed by atoms with E-state index in [1.807, 2.05) is 0 Å². The second-order valence-corrected chi connectivity index (χ2v) is 8.22. The van der Waals surface area contributed by atoms with E-state index < -0.39 is 29.7 Å². The van der Waals surface area contributed by atoms with Crippen LogP contribution in [0.4, 0.5) is 26.3 Å². The second kappa shape index (κ2) is 6.54. The highest BCUT2D eigenvalue weighted by atomic mass is 19.3. The molecular formula is C18H26F6O2. The topological polar surface area (TPSA) is 18.5 Å². The molecule has 0 bridgehead atoms. The van der Waals surface area contributed by atoms with Crippen molar-refractivity contribution in [2.75, 3.05) is 7.11 Å². The lowest BCUT2D eigenvalue weighted by molar-refractivity contribution is -0.558. The normalized spacial score (nSPS) is 48.0. The second-order valence-electron chi connectivity index (χ2n) is 8.22. The number of hydrogen-bond acceptors (Lipinski definition) is 2. The van der Waals surface area contributed by atoms with Crippen LogP contribution < -0.4 is 0 Å². The van der Waals surface area contributed by atoms with Gasteiger partial charge in [-0.25, -0.2) is 0 Å². The molecule has 8 heteroatoms. The molecule has 2 nitrogen and oxygen atoms in total. The number of rotatable bonds is 4. The molecule has 0 aliphatic heterocycles. The van der Waals surface area contributed by atoms with Crippen molar-refractivity contribution in [3.8, 4) is 0 Å². The Kier molecular flexibility index (Phi) is 5.09. The molecule has 0 heterocycles. The third-order valence-electron chi connectivity index (χ3n) is 6.67. The van der Waals surface area contributed by atoms with E-state index in [2.05, 4.69) is 16.4 Å². The zero-order chi connectivity index (χ0) is 19.4. The molecule has 3 rings (SSSR count). The lowest BCUT2D eigenvalue weighted by Crippen LogP contribution is -2.87. The molecule has 3 fully saturated rings. The first-order chi connectivity index (χ1) is 12.0. The van der Waals surface area contributed by atoms with Gasteiger partial charge < -0.3 is 9.47 Å². The molecule has 3 aliphatic carbocycles. The van der Waals surface area contributed by atoms with E-state index in [0.717, 1.165) is 25.7 Å². The summed E-state index contributed by atoms with van der Waals surface area (Å²) in [4.78, 5) is 0. The Hall–Kier alpha value is -0.500. The summed E-state index contributed by atoms with van der Waals surface area (Å²) in [6.45, 7) is 2.22. The Balaban J connectivity index is 1.60. The highest BCUT2D eigenvalue weighted by Gasteiger charge is 3.01. The maximum absolute atomic E-state index is 14.6. The van der Waals surface area contributed by atoms with E-state index in [-0.39, 0.29) is 12.8 Å². The van der Waals surface area contributed by atoms with Gasteiger partial charge in [0.1, 0.15) is 0 Å². The minimum Gasteiger partial charge on any atom is -0.340 e. The molecule has 2 unspecified atom stereocenters. The zero-order valence-corrected chi connectivity index (χ0v) is 15.1. The average molecular weight is 388 g/mol. The smallest absolute Gasteiger partial charge is 0.340 e. The fraction of sp³-hybridized carbons (Fsp3) is 1.00. The van der Waals surface area contributed by atoms with E-state index in [1.165, 1.54) is 0 Å². The summed E-state index contributed by atoms with van der Waals surface area (Å²) in [7, 11) is 0.432. The fourth-order valence-electron chi connectivity index (χ4n) is 4.82. The van der Waals surface area contributed by atoms with Gasteiger partial charge in [-0.3, -0.25) is 0 Å². The first kappa shape index (κ1) is 20.2.